The molecule has 0 saturated heterocycles. The molecule has 154 valence electrons. The maximum absolute atomic E-state index is 12.8. The highest BCUT2D eigenvalue weighted by molar-refractivity contribution is 5.93. The van der Waals surface area contributed by atoms with Crippen LogP contribution in [0.15, 0.2) is 53.5 Å². The highest BCUT2D eigenvalue weighted by atomic mass is 35.5. The van der Waals surface area contributed by atoms with Gasteiger partial charge in [0.05, 0.1) is 12.5 Å². The Bertz CT molecular complexity index is 1070. The second kappa shape index (κ2) is 8.39. The van der Waals surface area contributed by atoms with Gasteiger partial charge in [0, 0.05) is 17.4 Å². The second-order valence-corrected chi connectivity index (χ2v) is 7.86. The van der Waals surface area contributed by atoms with Crippen LogP contribution < -0.4 is 16.7 Å². The van der Waals surface area contributed by atoms with Crippen LogP contribution in [0, 0.1) is 5.92 Å². The third-order valence-electron chi connectivity index (χ3n) is 5.59. The number of benzene rings is 1. The first-order chi connectivity index (χ1) is 13.4. The fourth-order valence-corrected chi connectivity index (χ4v) is 4.01. The smallest absolute Gasteiger partial charge is 0.326 e. The zero-order chi connectivity index (χ0) is 19.7. The number of amides is 1. The minimum absolute atomic E-state index is 0. The van der Waals surface area contributed by atoms with Crippen molar-refractivity contribution in [3.05, 3.63) is 64.7 Å². The van der Waals surface area contributed by atoms with Gasteiger partial charge in [-0.15, -0.1) is 17.5 Å². The number of carbonyl (C=O) groups is 1. The van der Waals surface area contributed by atoms with Gasteiger partial charge in [0.25, 0.3) is 0 Å². The van der Waals surface area contributed by atoms with Gasteiger partial charge in [-0.3, -0.25) is 9.20 Å². The lowest BCUT2D eigenvalue weighted by atomic mass is 9.74. The van der Waals surface area contributed by atoms with Gasteiger partial charge in [-0.1, -0.05) is 31.0 Å². The molecule has 1 amide bonds. The zero-order valence-corrected chi connectivity index (χ0v) is 17.2. The van der Waals surface area contributed by atoms with Crippen molar-refractivity contribution in [3.63, 3.8) is 0 Å². The van der Waals surface area contributed by atoms with E-state index in [4.69, 9.17) is 5.73 Å². The molecule has 3 aromatic rings. The molecule has 3 N–H and O–H groups in total. The number of carbonyl (C=O) groups excluding carboxylic acids is 1. The first-order valence-corrected chi connectivity index (χ1v) is 9.67. The Kier molecular flexibility index (Phi) is 6.10. The van der Waals surface area contributed by atoms with Crippen LogP contribution in [-0.4, -0.2) is 25.6 Å². The molecule has 0 bridgehead atoms. The Labute approximate surface area is 175 Å². The van der Waals surface area contributed by atoms with Crippen molar-refractivity contribution < 1.29 is 4.79 Å². The van der Waals surface area contributed by atoms with Gasteiger partial charge in [-0.25, -0.2) is 9.48 Å². The minimum atomic E-state index is -0.468. The number of hydrogen-bond acceptors (Lipinski definition) is 4. The summed E-state index contributed by atoms with van der Waals surface area (Å²) in [6, 6.07) is 13.0. The Morgan fingerprint density at radius 2 is 2.10 bits per heavy atom. The van der Waals surface area contributed by atoms with E-state index < -0.39 is 5.54 Å². The van der Waals surface area contributed by atoms with Gasteiger partial charge < -0.3 is 11.1 Å². The largest absolute Gasteiger partial charge is 0.350 e. The fourth-order valence-electron chi connectivity index (χ4n) is 4.01. The van der Waals surface area contributed by atoms with Crippen LogP contribution >= 0.6 is 12.4 Å². The number of halogens is 1. The van der Waals surface area contributed by atoms with Crippen LogP contribution in [0.3, 0.4) is 0 Å². The standard InChI is InChI=1S/C21H25N5O2.ClH/c1-21(22)11-4-2-9-17(21)19(27)23-16-8-6-7-15(13-16)14-26-20(28)25-12-5-3-10-18(25)24-26;/h3,5-8,10,12-13,17H,2,4,9,11,14,22H2,1H3,(H,23,27);1H. The van der Waals surface area contributed by atoms with Crippen LogP contribution in [-0.2, 0) is 11.3 Å². The molecule has 7 nitrogen and oxygen atoms in total. The maximum Gasteiger partial charge on any atom is 0.350 e. The lowest BCUT2D eigenvalue weighted by Crippen LogP contribution is -2.51. The summed E-state index contributed by atoms with van der Waals surface area (Å²) in [4.78, 5) is 25.2. The van der Waals surface area contributed by atoms with Crippen molar-refractivity contribution in [2.45, 2.75) is 44.7 Å². The molecule has 1 aromatic carbocycles. The van der Waals surface area contributed by atoms with Crippen LogP contribution in [0.1, 0.15) is 38.2 Å². The van der Waals surface area contributed by atoms with Crippen LogP contribution in [0.5, 0.6) is 0 Å². The van der Waals surface area contributed by atoms with Crippen LogP contribution in [0.25, 0.3) is 5.65 Å². The zero-order valence-electron chi connectivity index (χ0n) is 16.4. The Morgan fingerprint density at radius 1 is 1.28 bits per heavy atom. The van der Waals surface area contributed by atoms with Crippen molar-refractivity contribution in [1.29, 1.82) is 0 Å². The average molecular weight is 416 g/mol. The molecule has 1 aliphatic carbocycles. The molecule has 0 spiro atoms. The summed E-state index contributed by atoms with van der Waals surface area (Å²) in [5, 5.41) is 7.36. The predicted molar refractivity (Wildman–Crippen MR) is 115 cm³/mol. The molecule has 4 rings (SSSR count). The third-order valence-corrected chi connectivity index (χ3v) is 5.59. The molecular weight excluding hydrogens is 390 g/mol. The molecule has 0 radical (unpaired) electrons. The summed E-state index contributed by atoms with van der Waals surface area (Å²) in [6.45, 7) is 2.30. The number of anilines is 1. The van der Waals surface area contributed by atoms with Gasteiger partial charge in [0.2, 0.25) is 5.91 Å². The Balaban J connectivity index is 0.00000240. The van der Waals surface area contributed by atoms with Crippen molar-refractivity contribution in [2.24, 2.45) is 11.7 Å². The molecule has 29 heavy (non-hydrogen) atoms. The summed E-state index contributed by atoms with van der Waals surface area (Å²) >= 11 is 0. The third kappa shape index (κ3) is 4.36. The molecule has 1 saturated carbocycles. The summed E-state index contributed by atoms with van der Waals surface area (Å²) < 4.78 is 2.94. The van der Waals surface area contributed by atoms with Gasteiger partial charge in [-0.2, -0.15) is 0 Å². The van der Waals surface area contributed by atoms with E-state index in [1.54, 1.807) is 18.3 Å². The molecule has 2 heterocycles. The number of hydrogen-bond donors (Lipinski definition) is 2. The van der Waals surface area contributed by atoms with Crippen LogP contribution in [0.2, 0.25) is 0 Å². The van der Waals surface area contributed by atoms with Gasteiger partial charge in [-0.05, 0) is 49.6 Å². The summed E-state index contributed by atoms with van der Waals surface area (Å²) in [5.74, 6) is -0.224. The van der Waals surface area contributed by atoms with Crippen molar-refractivity contribution >= 4 is 29.6 Å². The van der Waals surface area contributed by atoms with E-state index >= 15 is 0 Å². The Hall–Kier alpha value is -2.64. The number of nitrogens with one attached hydrogen (secondary N) is 1. The van der Waals surface area contributed by atoms with E-state index in [0.717, 1.165) is 31.2 Å². The SMILES string of the molecule is CC1(N)CCCCC1C(=O)Nc1cccc(Cn2nc3ccccn3c2=O)c1.Cl. The lowest BCUT2D eigenvalue weighted by Gasteiger charge is -2.37. The summed E-state index contributed by atoms with van der Waals surface area (Å²) in [5.41, 5.74) is 7.90. The molecule has 1 aliphatic rings. The lowest BCUT2D eigenvalue weighted by molar-refractivity contribution is -0.122. The van der Waals surface area contributed by atoms with Gasteiger partial charge in [0.1, 0.15) is 0 Å². The quantitative estimate of drug-likeness (QED) is 0.685. The first kappa shape index (κ1) is 21.1. The average Bonchev–Trinajstić information content (AvgIpc) is 2.97. The summed E-state index contributed by atoms with van der Waals surface area (Å²) in [6.07, 6.45) is 5.48. The number of nitrogens with zero attached hydrogens (tertiary/aromatic N) is 3. The number of rotatable bonds is 4. The normalized spacial score (nSPS) is 21.5. The molecule has 0 aliphatic heterocycles. The molecule has 1 fully saturated rings. The van der Waals surface area contributed by atoms with Crippen molar-refractivity contribution in [2.75, 3.05) is 5.32 Å². The molecule has 2 unspecified atom stereocenters. The molecule has 8 heteroatoms. The van der Waals surface area contributed by atoms with Crippen molar-refractivity contribution in [1.82, 2.24) is 14.2 Å². The topological polar surface area (TPSA) is 94.4 Å². The van der Waals surface area contributed by atoms with E-state index in [1.807, 2.05) is 37.3 Å². The fraction of sp³-hybridized carbons (Fsp3) is 0.381. The highest BCUT2D eigenvalue weighted by Gasteiger charge is 2.37. The van der Waals surface area contributed by atoms with Gasteiger partial charge in [0.15, 0.2) is 5.65 Å². The van der Waals surface area contributed by atoms with Crippen molar-refractivity contribution in [3.8, 4) is 0 Å². The molecular formula is C21H26ClN5O2. The first-order valence-electron chi connectivity index (χ1n) is 9.67. The van der Waals surface area contributed by atoms with E-state index in [-0.39, 0.29) is 29.9 Å². The minimum Gasteiger partial charge on any atom is -0.326 e. The maximum atomic E-state index is 12.8. The second-order valence-electron chi connectivity index (χ2n) is 7.86. The van der Waals surface area contributed by atoms with Crippen LogP contribution in [0.4, 0.5) is 5.69 Å². The number of aromatic nitrogens is 3. The number of pyridine rings is 1. The van der Waals surface area contributed by atoms with E-state index in [9.17, 15) is 9.59 Å². The Morgan fingerprint density at radius 3 is 2.86 bits per heavy atom. The molecule has 2 atom stereocenters. The van der Waals surface area contributed by atoms with E-state index in [1.165, 1.54) is 9.08 Å². The van der Waals surface area contributed by atoms with E-state index in [0.29, 0.717) is 17.9 Å². The highest BCUT2D eigenvalue weighted by Crippen LogP contribution is 2.32. The molecule has 2 aromatic heterocycles. The van der Waals surface area contributed by atoms with Gasteiger partial charge >= 0.3 is 5.69 Å². The van der Waals surface area contributed by atoms with E-state index in [2.05, 4.69) is 10.4 Å². The number of fused-ring (bicyclic) bond motifs is 1. The number of nitrogens with two attached hydrogens (primary N) is 1. The summed E-state index contributed by atoms with van der Waals surface area (Å²) in [7, 11) is 0. The predicted octanol–water partition coefficient (Wildman–Crippen LogP) is 2.81. The monoisotopic (exact) mass is 415 g/mol.